The molecule has 0 bridgehead atoms. The highest BCUT2D eigenvalue weighted by molar-refractivity contribution is 9.10. The number of benzene rings is 1. The first-order chi connectivity index (χ1) is 9.65. The van der Waals surface area contributed by atoms with Gasteiger partial charge in [-0.3, -0.25) is 4.79 Å². The first-order valence-electron chi connectivity index (χ1n) is 7.14. The number of nitrogens with one attached hydrogen (secondary N) is 1. The molecule has 3 rings (SSSR count). The summed E-state index contributed by atoms with van der Waals surface area (Å²) in [5, 5.41) is 4.10. The summed E-state index contributed by atoms with van der Waals surface area (Å²) >= 11 is 3.45. The highest BCUT2D eigenvalue weighted by Gasteiger charge is 2.21. The number of rotatable bonds is 2. The van der Waals surface area contributed by atoms with Crippen molar-refractivity contribution in [3.05, 3.63) is 34.0 Å². The van der Waals surface area contributed by atoms with Crippen molar-refractivity contribution in [3.63, 3.8) is 0 Å². The minimum atomic E-state index is -0.0817. The van der Waals surface area contributed by atoms with Crippen molar-refractivity contribution in [2.75, 3.05) is 0 Å². The second-order valence-corrected chi connectivity index (χ2v) is 6.42. The average molecular weight is 336 g/mol. The van der Waals surface area contributed by atoms with Crippen LogP contribution in [0.15, 0.2) is 27.1 Å². The van der Waals surface area contributed by atoms with Crippen molar-refractivity contribution >= 4 is 32.8 Å². The fourth-order valence-electron chi connectivity index (χ4n) is 2.91. The van der Waals surface area contributed by atoms with E-state index >= 15 is 0 Å². The van der Waals surface area contributed by atoms with Crippen LogP contribution in [0.1, 0.15) is 48.2 Å². The molecule has 1 amide bonds. The SMILES string of the molecule is Cc1c(C(=O)NC2CCCCC2)oc2ccc(Br)cc12. The van der Waals surface area contributed by atoms with Gasteiger partial charge in [-0.2, -0.15) is 0 Å². The molecule has 0 radical (unpaired) electrons. The van der Waals surface area contributed by atoms with Gasteiger partial charge in [0.1, 0.15) is 5.58 Å². The normalized spacial score (nSPS) is 16.5. The minimum Gasteiger partial charge on any atom is -0.451 e. The van der Waals surface area contributed by atoms with Crippen molar-refractivity contribution < 1.29 is 9.21 Å². The van der Waals surface area contributed by atoms with Crippen LogP contribution in [0.5, 0.6) is 0 Å². The van der Waals surface area contributed by atoms with Crippen molar-refractivity contribution in [1.29, 1.82) is 0 Å². The topological polar surface area (TPSA) is 42.2 Å². The highest BCUT2D eigenvalue weighted by atomic mass is 79.9. The van der Waals surface area contributed by atoms with Crippen LogP contribution in [0.3, 0.4) is 0 Å². The molecule has 0 spiro atoms. The van der Waals surface area contributed by atoms with E-state index in [1.54, 1.807) is 0 Å². The third-order valence-corrected chi connectivity index (χ3v) is 4.54. The number of amides is 1. The number of furan rings is 1. The number of aryl methyl sites for hydroxylation is 1. The van der Waals surface area contributed by atoms with Gasteiger partial charge in [0.15, 0.2) is 5.76 Å². The van der Waals surface area contributed by atoms with E-state index in [0.717, 1.165) is 33.8 Å². The Kier molecular flexibility index (Phi) is 3.83. The molecule has 1 aromatic heterocycles. The van der Waals surface area contributed by atoms with Crippen molar-refractivity contribution in [2.24, 2.45) is 0 Å². The lowest BCUT2D eigenvalue weighted by Gasteiger charge is -2.22. The molecule has 20 heavy (non-hydrogen) atoms. The van der Waals surface area contributed by atoms with Crippen LogP contribution in [0, 0.1) is 6.92 Å². The minimum absolute atomic E-state index is 0.0817. The fraction of sp³-hybridized carbons (Fsp3) is 0.438. The monoisotopic (exact) mass is 335 g/mol. The molecule has 1 aromatic carbocycles. The standard InChI is InChI=1S/C16H18BrNO2/c1-10-13-9-11(17)7-8-14(13)20-15(10)16(19)18-12-5-3-2-4-6-12/h7-9,12H,2-6H2,1H3,(H,18,19). The first-order valence-corrected chi connectivity index (χ1v) is 7.94. The van der Waals surface area contributed by atoms with E-state index in [-0.39, 0.29) is 5.91 Å². The lowest BCUT2D eigenvalue weighted by molar-refractivity contribution is 0.0901. The van der Waals surface area contributed by atoms with Gasteiger partial charge < -0.3 is 9.73 Å². The number of carbonyl (C=O) groups excluding carboxylic acids is 1. The van der Waals surface area contributed by atoms with Crippen LogP contribution < -0.4 is 5.32 Å². The third kappa shape index (κ3) is 2.62. The average Bonchev–Trinajstić information content (AvgIpc) is 2.77. The van der Waals surface area contributed by atoms with Crippen LogP contribution in [0.2, 0.25) is 0 Å². The molecule has 3 nitrogen and oxygen atoms in total. The van der Waals surface area contributed by atoms with Crippen molar-refractivity contribution in [2.45, 2.75) is 45.1 Å². The molecule has 0 unspecified atom stereocenters. The van der Waals surface area contributed by atoms with Crippen LogP contribution >= 0.6 is 15.9 Å². The Labute approximate surface area is 126 Å². The molecule has 1 saturated carbocycles. The summed E-state index contributed by atoms with van der Waals surface area (Å²) in [6, 6.07) is 6.11. The highest BCUT2D eigenvalue weighted by Crippen LogP contribution is 2.28. The van der Waals surface area contributed by atoms with E-state index in [0.29, 0.717) is 11.8 Å². The fourth-order valence-corrected chi connectivity index (χ4v) is 3.27. The molecule has 1 N–H and O–H groups in total. The Bertz CT molecular complexity index is 641. The number of fused-ring (bicyclic) bond motifs is 1. The summed E-state index contributed by atoms with van der Waals surface area (Å²) in [6.07, 6.45) is 5.85. The van der Waals surface area contributed by atoms with Gasteiger partial charge >= 0.3 is 0 Å². The van der Waals surface area contributed by atoms with Gasteiger partial charge in [0.2, 0.25) is 0 Å². The maximum absolute atomic E-state index is 12.4. The Morgan fingerprint density at radius 1 is 1.30 bits per heavy atom. The summed E-state index contributed by atoms with van der Waals surface area (Å²) in [5.74, 6) is 0.366. The van der Waals surface area contributed by atoms with Crippen molar-refractivity contribution in [1.82, 2.24) is 5.32 Å². The van der Waals surface area contributed by atoms with Gasteiger partial charge in [-0.15, -0.1) is 0 Å². The molecule has 0 atom stereocenters. The maximum atomic E-state index is 12.4. The summed E-state index contributed by atoms with van der Waals surface area (Å²) < 4.78 is 6.72. The summed E-state index contributed by atoms with van der Waals surface area (Å²) in [5.41, 5.74) is 1.68. The van der Waals surface area contributed by atoms with E-state index in [4.69, 9.17) is 4.42 Å². The lowest BCUT2D eigenvalue weighted by Crippen LogP contribution is -2.36. The summed E-state index contributed by atoms with van der Waals surface area (Å²) in [7, 11) is 0. The van der Waals surface area contributed by atoms with E-state index in [1.165, 1.54) is 19.3 Å². The summed E-state index contributed by atoms with van der Waals surface area (Å²) in [6.45, 7) is 1.94. The van der Waals surface area contributed by atoms with Crippen LogP contribution in [-0.2, 0) is 0 Å². The number of hydrogen-bond acceptors (Lipinski definition) is 2. The molecule has 1 fully saturated rings. The molecule has 1 heterocycles. The molecule has 1 aliphatic carbocycles. The van der Waals surface area contributed by atoms with Gasteiger partial charge in [-0.05, 0) is 38.0 Å². The largest absolute Gasteiger partial charge is 0.451 e. The van der Waals surface area contributed by atoms with E-state index in [2.05, 4.69) is 21.2 Å². The molecular formula is C16H18BrNO2. The molecular weight excluding hydrogens is 318 g/mol. The maximum Gasteiger partial charge on any atom is 0.287 e. The Hall–Kier alpha value is -1.29. The van der Waals surface area contributed by atoms with Crippen LogP contribution in [0.25, 0.3) is 11.0 Å². The second kappa shape index (κ2) is 5.60. The van der Waals surface area contributed by atoms with Gasteiger partial charge in [-0.25, -0.2) is 0 Å². The molecule has 0 aliphatic heterocycles. The zero-order valence-electron chi connectivity index (χ0n) is 11.5. The quantitative estimate of drug-likeness (QED) is 0.873. The Balaban J connectivity index is 1.85. The zero-order valence-corrected chi connectivity index (χ0v) is 13.1. The molecule has 4 heteroatoms. The van der Waals surface area contributed by atoms with Crippen molar-refractivity contribution in [3.8, 4) is 0 Å². The Morgan fingerprint density at radius 2 is 2.05 bits per heavy atom. The van der Waals surface area contributed by atoms with E-state index in [1.807, 2.05) is 25.1 Å². The molecule has 1 aliphatic rings. The van der Waals surface area contributed by atoms with E-state index in [9.17, 15) is 4.79 Å². The predicted molar refractivity (Wildman–Crippen MR) is 83.0 cm³/mol. The predicted octanol–water partition coefficient (Wildman–Crippen LogP) is 4.57. The van der Waals surface area contributed by atoms with Gasteiger partial charge in [-0.1, -0.05) is 35.2 Å². The van der Waals surface area contributed by atoms with Crippen LogP contribution in [0.4, 0.5) is 0 Å². The number of hydrogen-bond donors (Lipinski definition) is 1. The third-order valence-electron chi connectivity index (χ3n) is 4.04. The first kappa shape index (κ1) is 13.7. The second-order valence-electron chi connectivity index (χ2n) is 5.51. The van der Waals surface area contributed by atoms with Gasteiger partial charge in [0.05, 0.1) is 0 Å². The van der Waals surface area contributed by atoms with Gasteiger partial charge in [0.25, 0.3) is 5.91 Å². The van der Waals surface area contributed by atoms with E-state index < -0.39 is 0 Å². The zero-order chi connectivity index (χ0) is 14.1. The molecule has 0 saturated heterocycles. The lowest BCUT2D eigenvalue weighted by atomic mass is 9.95. The smallest absolute Gasteiger partial charge is 0.287 e. The Morgan fingerprint density at radius 3 is 2.80 bits per heavy atom. The molecule has 106 valence electrons. The number of carbonyl (C=O) groups is 1. The molecule has 2 aromatic rings. The van der Waals surface area contributed by atoms with Crippen LogP contribution in [-0.4, -0.2) is 11.9 Å². The summed E-state index contributed by atoms with van der Waals surface area (Å²) in [4.78, 5) is 12.4. The number of halogens is 1. The van der Waals surface area contributed by atoms with Gasteiger partial charge in [0, 0.05) is 21.5 Å².